The molecule has 90 valence electrons. The predicted molar refractivity (Wildman–Crippen MR) is 60.1 cm³/mol. The highest BCUT2D eigenvalue weighted by Crippen LogP contribution is 2.08. The summed E-state index contributed by atoms with van der Waals surface area (Å²) in [6.07, 6.45) is 3.31. The Morgan fingerprint density at radius 3 is 2.38 bits per heavy atom. The van der Waals surface area contributed by atoms with Crippen LogP contribution >= 0.6 is 0 Å². The number of carboxylic acid groups (broad SMARTS) is 1. The van der Waals surface area contributed by atoms with E-state index in [2.05, 4.69) is 11.9 Å². The van der Waals surface area contributed by atoms with Crippen molar-refractivity contribution in [2.75, 3.05) is 26.2 Å². The molecule has 2 N–H and O–H groups in total. The zero-order valence-corrected chi connectivity index (χ0v) is 9.37. The number of aliphatic carboxylic acids is 1. The third kappa shape index (κ3) is 4.02. The molecule has 0 atom stereocenters. The van der Waals surface area contributed by atoms with Gasteiger partial charge in [0.05, 0.1) is 6.54 Å². The lowest BCUT2D eigenvalue weighted by Crippen LogP contribution is -2.41. The lowest BCUT2D eigenvalue weighted by molar-refractivity contribution is -0.133. The van der Waals surface area contributed by atoms with Gasteiger partial charge in [-0.1, -0.05) is 6.58 Å². The summed E-state index contributed by atoms with van der Waals surface area (Å²) < 4.78 is 0. The fourth-order valence-corrected chi connectivity index (χ4v) is 1.65. The number of nitrogens with one attached hydrogen (secondary N) is 1. The van der Waals surface area contributed by atoms with Crippen molar-refractivity contribution >= 4 is 11.9 Å². The van der Waals surface area contributed by atoms with Crippen LogP contribution in [0.15, 0.2) is 12.2 Å². The van der Waals surface area contributed by atoms with Gasteiger partial charge in [-0.2, -0.15) is 0 Å². The average molecular weight is 226 g/mol. The summed E-state index contributed by atoms with van der Waals surface area (Å²) in [5.74, 6) is -0.990. The summed E-state index contributed by atoms with van der Waals surface area (Å²) in [4.78, 5) is 23.9. The Bertz CT molecular complexity index is 283. The second kappa shape index (κ2) is 6.27. The van der Waals surface area contributed by atoms with E-state index in [0.29, 0.717) is 0 Å². The second-order valence-electron chi connectivity index (χ2n) is 3.95. The maximum atomic E-state index is 11.6. The van der Waals surface area contributed by atoms with Gasteiger partial charge in [0.25, 0.3) is 0 Å². The number of carbonyl (C=O) groups is 2. The molecular weight excluding hydrogens is 208 g/mol. The van der Waals surface area contributed by atoms with Gasteiger partial charge in [0, 0.05) is 25.2 Å². The van der Waals surface area contributed by atoms with E-state index < -0.39 is 5.97 Å². The Labute approximate surface area is 95.1 Å². The number of piperidine rings is 1. The highest BCUT2D eigenvalue weighted by Gasteiger charge is 2.15. The minimum Gasteiger partial charge on any atom is -0.478 e. The Hall–Kier alpha value is -1.36. The molecule has 0 spiro atoms. The largest absolute Gasteiger partial charge is 0.478 e. The van der Waals surface area contributed by atoms with Crippen LogP contribution in [0.2, 0.25) is 0 Å². The predicted octanol–water partition coefficient (Wildman–Crippen LogP) is 0.229. The van der Waals surface area contributed by atoms with E-state index in [-0.39, 0.29) is 24.6 Å². The van der Waals surface area contributed by atoms with Gasteiger partial charge >= 0.3 is 5.97 Å². The zero-order valence-electron chi connectivity index (χ0n) is 9.37. The number of hydrogen-bond acceptors (Lipinski definition) is 3. The van der Waals surface area contributed by atoms with Crippen molar-refractivity contribution in [1.82, 2.24) is 10.2 Å². The van der Waals surface area contributed by atoms with E-state index in [1.165, 1.54) is 6.42 Å². The number of carbonyl (C=O) groups excluding carboxylic acids is 1. The van der Waals surface area contributed by atoms with E-state index in [9.17, 15) is 9.59 Å². The van der Waals surface area contributed by atoms with Crippen molar-refractivity contribution in [3.8, 4) is 0 Å². The van der Waals surface area contributed by atoms with Crippen molar-refractivity contribution in [3.05, 3.63) is 12.2 Å². The molecule has 0 aromatic heterocycles. The van der Waals surface area contributed by atoms with E-state index >= 15 is 0 Å². The number of hydrogen-bond donors (Lipinski definition) is 2. The van der Waals surface area contributed by atoms with Crippen LogP contribution in [0, 0.1) is 0 Å². The molecule has 0 saturated carbocycles. The fraction of sp³-hybridized carbons (Fsp3) is 0.636. The van der Waals surface area contributed by atoms with Gasteiger partial charge in [-0.15, -0.1) is 0 Å². The topological polar surface area (TPSA) is 69.6 Å². The smallest absolute Gasteiger partial charge is 0.332 e. The van der Waals surface area contributed by atoms with Crippen molar-refractivity contribution in [2.45, 2.75) is 19.3 Å². The Morgan fingerprint density at radius 2 is 1.81 bits per heavy atom. The first-order valence-electron chi connectivity index (χ1n) is 5.51. The monoisotopic (exact) mass is 226 g/mol. The summed E-state index contributed by atoms with van der Waals surface area (Å²) in [6, 6.07) is 0. The van der Waals surface area contributed by atoms with Crippen LogP contribution in [-0.2, 0) is 9.59 Å². The summed E-state index contributed by atoms with van der Waals surface area (Å²) in [5, 5.41) is 11.4. The third-order valence-corrected chi connectivity index (χ3v) is 2.63. The molecule has 0 aliphatic carbocycles. The molecular formula is C11H18N2O3. The number of likely N-dealkylation sites (tertiary alicyclic amines) is 1. The molecule has 0 aromatic carbocycles. The lowest BCUT2D eigenvalue weighted by atomic mass is 10.1. The molecule has 1 fully saturated rings. The molecule has 1 aliphatic heterocycles. The van der Waals surface area contributed by atoms with Gasteiger partial charge in [0.2, 0.25) is 5.91 Å². The molecule has 0 aromatic rings. The standard InChI is InChI=1S/C11H18N2O3/c1-9(11(15)16)7-12-8-10(14)13-5-3-2-4-6-13/h12H,1-8H2,(H,15,16). The first-order chi connectivity index (χ1) is 7.61. The molecule has 1 heterocycles. The molecule has 0 bridgehead atoms. The van der Waals surface area contributed by atoms with E-state index in [1.54, 1.807) is 0 Å². The Kier molecular flexibility index (Phi) is 4.98. The van der Waals surface area contributed by atoms with Crippen LogP contribution in [0.3, 0.4) is 0 Å². The van der Waals surface area contributed by atoms with Crippen LogP contribution in [0.25, 0.3) is 0 Å². The average Bonchev–Trinajstić information content (AvgIpc) is 2.29. The maximum Gasteiger partial charge on any atom is 0.332 e. The molecule has 5 heteroatoms. The summed E-state index contributed by atoms with van der Waals surface area (Å²) in [5.41, 5.74) is 0.0754. The van der Waals surface area contributed by atoms with Crippen LogP contribution in [-0.4, -0.2) is 48.1 Å². The molecule has 0 radical (unpaired) electrons. The van der Waals surface area contributed by atoms with E-state index in [4.69, 9.17) is 5.11 Å². The van der Waals surface area contributed by atoms with Crippen molar-refractivity contribution in [1.29, 1.82) is 0 Å². The Balaban J connectivity index is 2.19. The van der Waals surface area contributed by atoms with Crippen molar-refractivity contribution in [2.24, 2.45) is 0 Å². The summed E-state index contributed by atoms with van der Waals surface area (Å²) in [7, 11) is 0. The van der Waals surface area contributed by atoms with Gasteiger partial charge in [0.1, 0.15) is 0 Å². The molecule has 16 heavy (non-hydrogen) atoms. The van der Waals surface area contributed by atoms with Crippen LogP contribution in [0.4, 0.5) is 0 Å². The maximum absolute atomic E-state index is 11.6. The van der Waals surface area contributed by atoms with Crippen LogP contribution < -0.4 is 5.32 Å². The highest BCUT2D eigenvalue weighted by molar-refractivity contribution is 5.86. The van der Waals surface area contributed by atoms with Gasteiger partial charge < -0.3 is 15.3 Å². The van der Waals surface area contributed by atoms with Crippen LogP contribution in [0.1, 0.15) is 19.3 Å². The Morgan fingerprint density at radius 1 is 1.19 bits per heavy atom. The molecule has 1 amide bonds. The first kappa shape index (κ1) is 12.7. The van der Waals surface area contributed by atoms with Crippen molar-refractivity contribution < 1.29 is 14.7 Å². The number of amides is 1. The molecule has 1 aliphatic rings. The zero-order chi connectivity index (χ0) is 12.0. The quantitative estimate of drug-likeness (QED) is 0.658. The minimum atomic E-state index is -1.03. The third-order valence-electron chi connectivity index (χ3n) is 2.63. The minimum absolute atomic E-state index is 0.0397. The highest BCUT2D eigenvalue weighted by atomic mass is 16.4. The molecule has 1 rings (SSSR count). The van der Waals surface area contributed by atoms with Gasteiger partial charge in [0.15, 0.2) is 0 Å². The second-order valence-corrected chi connectivity index (χ2v) is 3.95. The number of nitrogens with zero attached hydrogens (tertiary/aromatic N) is 1. The molecule has 1 saturated heterocycles. The van der Waals surface area contributed by atoms with Gasteiger partial charge in [-0.05, 0) is 19.3 Å². The normalized spacial score (nSPS) is 15.9. The SMILES string of the molecule is C=C(CNCC(=O)N1CCCCC1)C(=O)O. The number of carboxylic acids is 1. The van der Waals surface area contributed by atoms with E-state index in [0.717, 1.165) is 25.9 Å². The fourth-order valence-electron chi connectivity index (χ4n) is 1.65. The van der Waals surface area contributed by atoms with Gasteiger partial charge in [-0.3, -0.25) is 4.79 Å². The lowest BCUT2D eigenvalue weighted by Gasteiger charge is -2.26. The van der Waals surface area contributed by atoms with Crippen LogP contribution in [0.5, 0.6) is 0 Å². The van der Waals surface area contributed by atoms with E-state index in [1.807, 2.05) is 4.90 Å². The number of rotatable bonds is 5. The summed E-state index contributed by atoms with van der Waals surface area (Å²) in [6.45, 7) is 5.35. The van der Waals surface area contributed by atoms with Gasteiger partial charge in [-0.25, -0.2) is 4.79 Å². The molecule has 5 nitrogen and oxygen atoms in total. The first-order valence-corrected chi connectivity index (χ1v) is 5.51. The molecule has 0 unspecified atom stereocenters. The van der Waals surface area contributed by atoms with Crippen molar-refractivity contribution in [3.63, 3.8) is 0 Å². The summed E-state index contributed by atoms with van der Waals surface area (Å²) >= 11 is 0.